The predicted molar refractivity (Wildman–Crippen MR) is 83.3 cm³/mol. The van der Waals surface area contributed by atoms with Crippen molar-refractivity contribution in [3.63, 3.8) is 0 Å². The lowest BCUT2D eigenvalue weighted by Gasteiger charge is -2.10. The van der Waals surface area contributed by atoms with Crippen molar-refractivity contribution in [1.29, 1.82) is 0 Å². The van der Waals surface area contributed by atoms with Crippen LogP contribution in [-0.4, -0.2) is 13.4 Å². The van der Waals surface area contributed by atoms with Crippen molar-refractivity contribution in [2.75, 3.05) is 4.72 Å². The average molecular weight is 355 g/mol. The number of hydrogen-bond acceptors (Lipinski definition) is 3. The van der Waals surface area contributed by atoms with Crippen LogP contribution in [0.15, 0.2) is 45.9 Å². The lowest BCUT2D eigenvalue weighted by molar-refractivity contribution is 0.601. The molecule has 1 aromatic heterocycles. The first-order chi connectivity index (χ1) is 9.42. The van der Waals surface area contributed by atoms with Gasteiger partial charge in [0.05, 0.1) is 16.3 Å². The van der Waals surface area contributed by atoms with Gasteiger partial charge in [-0.3, -0.25) is 4.72 Å². The Morgan fingerprint density at radius 3 is 2.35 bits per heavy atom. The number of hydrogen-bond donors (Lipinski definition) is 1. The van der Waals surface area contributed by atoms with E-state index in [9.17, 15) is 8.42 Å². The maximum atomic E-state index is 12.3. The lowest BCUT2D eigenvalue weighted by atomic mass is 10.2. The van der Waals surface area contributed by atoms with Crippen LogP contribution in [0.4, 0.5) is 5.69 Å². The SMILES string of the molecule is CCc1ccc(S(=O)(=O)Nc2ccc(Br)nc2C)cc1. The lowest BCUT2D eigenvalue weighted by Crippen LogP contribution is -2.14. The van der Waals surface area contributed by atoms with E-state index in [0.717, 1.165) is 12.0 Å². The predicted octanol–water partition coefficient (Wildman–Crippen LogP) is 3.52. The topological polar surface area (TPSA) is 59.1 Å². The van der Waals surface area contributed by atoms with E-state index in [1.165, 1.54) is 0 Å². The van der Waals surface area contributed by atoms with Gasteiger partial charge in [0.1, 0.15) is 4.60 Å². The van der Waals surface area contributed by atoms with Crippen LogP contribution in [0.1, 0.15) is 18.2 Å². The monoisotopic (exact) mass is 354 g/mol. The second-order valence-electron chi connectivity index (χ2n) is 4.37. The van der Waals surface area contributed by atoms with E-state index >= 15 is 0 Å². The molecular weight excluding hydrogens is 340 g/mol. The maximum absolute atomic E-state index is 12.3. The van der Waals surface area contributed by atoms with Gasteiger partial charge < -0.3 is 0 Å². The fraction of sp³-hybridized carbons (Fsp3) is 0.214. The highest BCUT2D eigenvalue weighted by molar-refractivity contribution is 9.10. The van der Waals surface area contributed by atoms with E-state index in [-0.39, 0.29) is 4.90 Å². The molecule has 106 valence electrons. The van der Waals surface area contributed by atoms with Crippen molar-refractivity contribution < 1.29 is 8.42 Å². The quantitative estimate of drug-likeness (QED) is 0.854. The molecule has 0 saturated carbocycles. The highest BCUT2D eigenvalue weighted by Gasteiger charge is 2.15. The molecule has 1 aromatic carbocycles. The van der Waals surface area contributed by atoms with E-state index < -0.39 is 10.0 Å². The third-order valence-corrected chi connectivity index (χ3v) is 4.76. The third-order valence-electron chi connectivity index (χ3n) is 2.94. The van der Waals surface area contributed by atoms with Gasteiger partial charge in [0.2, 0.25) is 0 Å². The van der Waals surface area contributed by atoms with Crippen LogP contribution >= 0.6 is 15.9 Å². The Balaban J connectivity index is 2.30. The van der Waals surface area contributed by atoms with Gasteiger partial charge in [0.25, 0.3) is 10.0 Å². The average Bonchev–Trinajstić information content (AvgIpc) is 2.42. The molecule has 0 aliphatic heterocycles. The fourth-order valence-corrected chi connectivity index (χ4v) is 3.26. The van der Waals surface area contributed by atoms with Gasteiger partial charge in [-0.25, -0.2) is 13.4 Å². The summed E-state index contributed by atoms with van der Waals surface area (Å²) in [6, 6.07) is 10.3. The summed E-state index contributed by atoms with van der Waals surface area (Å²) < 4.78 is 27.8. The van der Waals surface area contributed by atoms with Crippen molar-refractivity contribution >= 4 is 31.6 Å². The molecule has 0 spiro atoms. The summed E-state index contributed by atoms with van der Waals surface area (Å²) in [5.74, 6) is 0. The number of benzene rings is 1. The number of aromatic nitrogens is 1. The molecule has 0 atom stereocenters. The molecule has 2 rings (SSSR count). The second kappa shape index (κ2) is 5.93. The van der Waals surface area contributed by atoms with Crippen molar-refractivity contribution in [3.05, 3.63) is 52.3 Å². The van der Waals surface area contributed by atoms with Gasteiger partial charge >= 0.3 is 0 Å². The summed E-state index contributed by atoms with van der Waals surface area (Å²) in [5, 5.41) is 0. The van der Waals surface area contributed by atoms with Crippen LogP contribution in [0.3, 0.4) is 0 Å². The van der Waals surface area contributed by atoms with E-state index in [2.05, 4.69) is 25.6 Å². The molecule has 0 unspecified atom stereocenters. The molecule has 1 heterocycles. The minimum Gasteiger partial charge on any atom is -0.278 e. The number of nitrogens with one attached hydrogen (secondary N) is 1. The molecule has 1 N–H and O–H groups in total. The van der Waals surface area contributed by atoms with Crippen LogP contribution in [0.25, 0.3) is 0 Å². The first-order valence-corrected chi connectivity index (χ1v) is 8.45. The number of rotatable bonds is 4. The summed E-state index contributed by atoms with van der Waals surface area (Å²) in [6.45, 7) is 3.78. The summed E-state index contributed by atoms with van der Waals surface area (Å²) in [5.41, 5.74) is 2.20. The molecule has 4 nitrogen and oxygen atoms in total. The Hall–Kier alpha value is -1.40. The van der Waals surface area contributed by atoms with Crippen molar-refractivity contribution in [2.45, 2.75) is 25.2 Å². The fourth-order valence-electron chi connectivity index (χ4n) is 1.75. The molecule has 2 aromatic rings. The van der Waals surface area contributed by atoms with Crippen molar-refractivity contribution in [3.8, 4) is 0 Å². The zero-order valence-electron chi connectivity index (χ0n) is 11.2. The minimum absolute atomic E-state index is 0.247. The van der Waals surface area contributed by atoms with Gasteiger partial charge in [-0.2, -0.15) is 0 Å². The molecule has 6 heteroatoms. The Morgan fingerprint density at radius 2 is 1.80 bits per heavy atom. The van der Waals surface area contributed by atoms with Gasteiger partial charge in [-0.15, -0.1) is 0 Å². The molecular formula is C14H15BrN2O2S. The van der Waals surface area contributed by atoms with Crippen LogP contribution in [-0.2, 0) is 16.4 Å². The molecule has 0 radical (unpaired) electrons. The summed E-state index contributed by atoms with van der Waals surface area (Å²) in [6.07, 6.45) is 0.878. The van der Waals surface area contributed by atoms with Gasteiger partial charge in [-0.05, 0) is 59.1 Å². The molecule has 0 fully saturated rings. The first-order valence-electron chi connectivity index (χ1n) is 6.17. The van der Waals surface area contributed by atoms with Crippen LogP contribution in [0.5, 0.6) is 0 Å². The highest BCUT2D eigenvalue weighted by atomic mass is 79.9. The minimum atomic E-state index is -3.58. The third kappa shape index (κ3) is 3.37. The Bertz CT molecular complexity index is 712. The summed E-state index contributed by atoms with van der Waals surface area (Å²) in [7, 11) is -3.58. The van der Waals surface area contributed by atoms with Gasteiger partial charge in [-0.1, -0.05) is 19.1 Å². The normalized spacial score (nSPS) is 11.3. The van der Waals surface area contributed by atoms with Crippen LogP contribution in [0, 0.1) is 6.92 Å². The molecule has 0 amide bonds. The zero-order chi connectivity index (χ0) is 14.8. The number of nitrogens with zero attached hydrogens (tertiary/aromatic N) is 1. The standard InChI is InChI=1S/C14H15BrN2O2S/c1-3-11-4-6-12(7-5-11)20(18,19)17-13-8-9-14(15)16-10(13)2/h4-9,17H,3H2,1-2H3. The number of anilines is 1. The first kappa shape index (κ1) is 15.0. The second-order valence-corrected chi connectivity index (χ2v) is 6.86. The smallest absolute Gasteiger partial charge is 0.261 e. The maximum Gasteiger partial charge on any atom is 0.261 e. The molecule has 0 saturated heterocycles. The van der Waals surface area contributed by atoms with Gasteiger partial charge in [0, 0.05) is 0 Å². The largest absolute Gasteiger partial charge is 0.278 e. The van der Waals surface area contributed by atoms with E-state index in [4.69, 9.17) is 0 Å². The Kier molecular flexibility index (Phi) is 4.45. The van der Waals surface area contributed by atoms with Crippen molar-refractivity contribution in [1.82, 2.24) is 4.98 Å². The molecule has 0 aliphatic carbocycles. The van der Waals surface area contributed by atoms with E-state index in [1.807, 2.05) is 19.1 Å². The zero-order valence-corrected chi connectivity index (χ0v) is 13.6. The van der Waals surface area contributed by atoms with Crippen LogP contribution in [0.2, 0.25) is 0 Å². The number of halogens is 1. The van der Waals surface area contributed by atoms with Crippen molar-refractivity contribution in [2.24, 2.45) is 0 Å². The molecule has 20 heavy (non-hydrogen) atoms. The highest BCUT2D eigenvalue weighted by Crippen LogP contribution is 2.20. The Morgan fingerprint density at radius 1 is 1.15 bits per heavy atom. The molecule has 0 aliphatic rings. The number of aryl methyl sites for hydroxylation is 2. The summed E-state index contributed by atoms with van der Waals surface area (Å²) in [4.78, 5) is 4.42. The van der Waals surface area contributed by atoms with E-state index in [0.29, 0.717) is 16.0 Å². The number of sulfonamides is 1. The van der Waals surface area contributed by atoms with Crippen LogP contribution < -0.4 is 4.72 Å². The Labute approximate surface area is 127 Å². The summed E-state index contributed by atoms with van der Waals surface area (Å²) >= 11 is 3.25. The molecule has 0 bridgehead atoms. The van der Waals surface area contributed by atoms with Gasteiger partial charge in [0.15, 0.2) is 0 Å². The van der Waals surface area contributed by atoms with E-state index in [1.54, 1.807) is 31.2 Å². The number of pyridine rings is 1.